The van der Waals surface area contributed by atoms with Gasteiger partial charge in [-0.3, -0.25) is 19.3 Å². The van der Waals surface area contributed by atoms with Crippen molar-refractivity contribution in [3.63, 3.8) is 0 Å². The maximum atomic E-state index is 13.0. The third-order valence-corrected chi connectivity index (χ3v) is 5.04. The Labute approximate surface area is 163 Å². The van der Waals surface area contributed by atoms with Crippen LogP contribution in [0.5, 0.6) is 0 Å². The summed E-state index contributed by atoms with van der Waals surface area (Å²) in [5, 5.41) is 5.97. The van der Waals surface area contributed by atoms with Crippen molar-refractivity contribution in [2.24, 2.45) is 0 Å². The van der Waals surface area contributed by atoms with Crippen LogP contribution in [-0.4, -0.2) is 36.9 Å². The molecule has 7 nitrogen and oxygen atoms in total. The molecule has 0 radical (unpaired) electrons. The SMILES string of the molecule is C[C@H](Nc1ccc(N2CCCC2=O)cc1)C(=O)N1CC(=O)Nc2ccccc21. The molecule has 1 saturated heterocycles. The van der Waals surface area contributed by atoms with Gasteiger partial charge in [0.2, 0.25) is 17.7 Å². The predicted molar refractivity (Wildman–Crippen MR) is 109 cm³/mol. The van der Waals surface area contributed by atoms with Crippen molar-refractivity contribution in [1.29, 1.82) is 0 Å². The van der Waals surface area contributed by atoms with E-state index in [9.17, 15) is 14.4 Å². The van der Waals surface area contributed by atoms with Crippen LogP contribution in [0.25, 0.3) is 0 Å². The maximum absolute atomic E-state index is 13.0. The molecule has 1 atom stereocenters. The summed E-state index contributed by atoms with van der Waals surface area (Å²) in [4.78, 5) is 40.1. The minimum atomic E-state index is -0.516. The summed E-state index contributed by atoms with van der Waals surface area (Å²) in [6.07, 6.45) is 1.48. The molecule has 2 aromatic carbocycles. The zero-order chi connectivity index (χ0) is 19.7. The third kappa shape index (κ3) is 3.43. The number of nitrogens with zero attached hydrogens (tertiary/aromatic N) is 2. The molecule has 0 bridgehead atoms. The lowest BCUT2D eigenvalue weighted by Crippen LogP contribution is -2.47. The molecule has 2 aliphatic rings. The fourth-order valence-electron chi connectivity index (χ4n) is 3.63. The molecule has 0 spiro atoms. The summed E-state index contributed by atoms with van der Waals surface area (Å²) in [6.45, 7) is 2.52. The van der Waals surface area contributed by atoms with Crippen LogP contribution in [0.1, 0.15) is 19.8 Å². The minimum absolute atomic E-state index is 0.00211. The lowest BCUT2D eigenvalue weighted by Gasteiger charge is -2.31. The van der Waals surface area contributed by atoms with Crippen LogP contribution in [-0.2, 0) is 14.4 Å². The molecule has 2 aromatic rings. The van der Waals surface area contributed by atoms with Gasteiger partial charge in [0.15, 0.2) is 0 Å². The first-order valence-electron chi connectivity index (χ1n) is 9.40. The van der Waals surface area contributed by atoms with Crippen molar-refractivity contribution in [1.82, 2.24) is 0 Å². The fourth-order valence-corrected chi connectivity index (χ4v) is 3.63. The second kappa shape index (κ2) is 7.34. The largest absolute Gasteiger partial charge is 0.374 e. The normalized spacial score (nSPS) is 17.2. The Balaban J connectivity index is 1.46. The van der Waals surface area contributed by atoms with Crippen LogP contribution < -0.4 is 20.4 Å². The third-order valence-electron chi connectivity index (χ3n) is 5.04. The summed E-state index contributed by atoms with van der Waals surface area (Å²) >= 11 is 0. The fraction of sp³-hybridized carbons (Fsp3) is 0.286. The van der Waals surface area contributed by atoms with Gasteiger partial charge < -0.3 is 15.5 Å². The van der Waals surface area contributed by atoms with Gasteiger partial charge in [0.05, 0.1) is 11.4 Å². The number of carbonyl (C=O) groups is 3. The van der Waals surface area contributed by atoms with E-state index in [1.54, 1.807) is 17.9 Å². The van der Waals surface area contributed by atoms with Gasteiger partial charge in [-0.15, -0.1) is 0 Å². The first-order valence-corrected chi connectivity index (χ1v) is 9.40. The highest BCUT2D eigenvalue weighted by atomic mass is 16.2. The van der Waals surface area contributed by atoms with Crippen molar-refractivity contribution in [2.45, 2.75) is 25.8 Å². The number of para-hydroxylation sites is 2. The molecule has 4 rings (SSSR count). The van der Waals surface area contributed by atoms with E-state index in [1.165, 1.54) is 4.90 Å². The van der Waals surface area contributed by atoms with E-state index in [2.05, 4.69) is 10.6 Å². The summed E-state index contributed by atoms with van der Waals surface area (Å²) in [7, 11) is 0. The zero-order valence-electron chi connectivity index (χ0n) is 15.6. The van der Waals surface area contributed by atoms with E-state index in [1.807, 2.05) is 42.5 Å². The zero-order valence-corrected chi connectivity index (χ0v) is 15.6. The molecular weight excluding hydrogens is 356 g/mol. The van der Waals surface area contributed by atoms with Crippen molar-refractivity contribution in [2.75, 3.05) is 33.5 Å². The summed E-state index contributed by atoms with van der Waals surface area (Å²) in [5.41, 5.74) is 2.99. The Hall–Kier alpha value is -3.35. The van der Waals surface area contributed by atoms with Gasteiger partial charge in [0, 0.05) is 24.3 Å². The average Bonchev–Trinajstić information content (AvgIpc) is 3.13. The molecule has 0 aromatic heterocycles. The molecule has 0 saturated carbocycles. The molecule has 0 unspecified atom stereocenters. The number of amides is 3. The van der Waals surface area contributed by atoms with Crippen LogP contribution in [0.4, 0.5) is 22.7 Å². The van der Waals surface area contributed by atoms with E-state index in [4.69, 9.17) is 0 Å². The van der Waals surface area contributed by atoms with Crippen molar-refractivity contribution in [3.8, 4) is 0 Å². The summed E-state index contributed by atoms with van der Waals surface area (Å²) in [6, 6.07) is 14.2. The highest BCUT2D eigenvalue weighted by molar-refractivity contribution is 6.11. The second-order valence-corrected chi connectivity index (χ2v) is 7.05. The Morgan fingerprint density at radius 3 is 2.57 bits per heavy atom. The Morgan fingerprint density at radius 1 is 1.11 bits per heavy atom. The average molecular weight is 378 g/mol. The van der Waals surface area contributed by atoms with Gasteiger partial charge in [-0.1, -0.05) is 12.1 Å². The molecule has 28 heavy (non-hydrogen) atoms. The molecule has 3 amide bonds. The topological polar surface area (TPSA) is 81.8 Å². The number of anilines is 4. The van der Waals surface area contributed by atoms with E-state index in [-0.39, 0.29) is 24.3 Å². The van der Waals surface area contributed by atoms with E-state index in [0.29, 0.717) is 17.8 Å². The van der Waals surface area contributed by atoms with Crippen LogP contribution in [0.3, 0.4) is 0 Å². The highest BCUT2D eigenvalue weighted by Crippen LogP contribution is 2.30. The van der Waals surface area contributed by atoms with Gasteiger partial charge in [-0.25, -0.2) is 0 Å². The van der Waals surface area contributed by atoms with Gasteiger partial charge in [-0.05, 0) is 49.7 Å². The van der Waals surface area contributed by atoms with Crippen molar-refractivity contribution in [3.05, 3.63) is 48.5 Å². The predicted octanol–water partition coefficient (Wildman–Crippen LogP) is 2.60. The van der Waals surface area contributed by atoms with Crippen LogP contribution in [0.15, 0.2) is 48.5 Å². The molecule has 1 fully saturated rings. The van der Waals surface area contributed by atoms with Gasteiger partial charge in [-0.2, -0.15) is 0 Å². The number of benzene rings is 2. The van der Waals surface area contributed by atoms with Gasteiger partial charge >= 0.3 is 0 Å². The monoisotopic (exact) mass is 378 g/mol. The van der Waals surface area contributed by atoms with Crippen LogP contribution in [0.2, 0.25) is 0 Å². The molecular formula is C21H22N4O3. The molecule has 0 aliphatic carbocycles. The molecule has 2 N–H and O–H groups in total. The minimum Gasteiger partial charge on any atom is -0.374 e. The van der Waals surface area contributed by atoms with E-state index >= 15 is 0 Å². The second-order valence-electron chi connectivity index (χ2n) is 7.05. The number of hydrogen-bond donors (Lipinski definition) is 2. The number of hydrogen-bond acceptors (Lipinski definition) is 4. The molecule has 2 heterocycles. The van der Waals surface area contributed by atoms with E-state index in [0.717, 1.165) is 24.3 Å². The lowest BCUT2D eigenvalue weighted by molar-refractivity contribution is -0.122. The van der Waals surface area contributed by atoms with Crippen LogP contribution >= 0.6 is 0 Å². The number of rotatable bonds is 4. The number of nitrogens with one attached hydrogen (secondary N) is 2. The summed E-state index contributed by atoms with van der Waals surface area (Å²) < 4.78 is 0. The molecule has 7 heteroatoms. The van der Waals surface area contributed by atoms with Crippen LogP contribution in [0, 0.1) is 0 Å². The van der Waals surface area contributed by atoms with Gasteiger partial charge in [0.25, 0.3) is 0 Å². The van der Waals surface area contributed by atoms with Crippen molar-refractivity contribution >= 4 is 40.5 Å². The molecule has 2 aliphatic heterocycles. The standard InChI is InChI=1S/C21H22N4O3/c1-14(21(28)25-13-19(26)23-17-5-2-3-6-18(17)25)22-15-8-10-16(11-9-15)24-12-4-7-20(24)27/h2-3,5-6,8-11,14,22H,4,7,12-13H2,1H3,(H,23,26)/t14-/m0/s1. The Kier molecular flexibility index (Phi) is 4.73. The first kappa shape index (κ1) is 18.0. The van der Waals surface area contributed by atoms with Crippen molar-refractivity contribution < 1.29 is 14.4 Å². The number of fused-ring (bicyclic) bond motifs is 1. The maximum Gasteiger partial charge on any atom is 0.249 e. The summed E-state index contributed by atoms with van der Waals surface area (Å²) in [5.74, 6) is -0.244. The van der Waals surface area contributed by atoms with E-state index < -0.39 is 6.04 Å². The van der Waals surface area contributed by atoms with Gasteiger partial charge in [0.1, 0.15) is 12.6 Å². The Bertz CT molecular complexity index is 926. The lowest BCUT2D eigenvalue weighted by atomic mass is 10.1. The molecule has 144 valence electrons. The first-order chi connectivity index (χ1) is 13.5. The Morgan fingerprint density at radius 2 is 1.86 bits per heavy atom. The quantitative estimate of drug-likeness (QED) is 0.857. The smallest absolute Gasteiger partial charge is 0.249 e. The highest BCUT2D eigenvalue weighted by Gasteiger charge is 2.29. The number of carbonyl (C=O) groups excluding carboxylic acids is 3.